The van der Waals surface area contributed by atoms with Crippen LogP contribution in [0.2, 0.25) is 0 Å². The first-order valence-corrected chi connectivity index (χ1v) is 12.6. The van der Waals surface area contributed by atoms with Gasteiger partial charge in [0.1, 0.15) is 5.75 Å². The van der Waals surface area contributed by atoms with E-state index < -0.39 is 0 Å². The Morgan fingerprint density at radius 3 is 2.71 bits per heavy atom. The number of methoxy groups -OCH3 is 1. The van der Waals surface area contributed by atoms with Crippen LogP contribution in [0.1, 0.15) is 24.5 Å². The van der Waals surface area contributed by atoms with Crippen molar-refractivity contribution in [1.29, 1.82) is 0 Å². The zero-order valence-electron chi connectivity index (χ0n) is 20.6. The Hall–Kier alpha value is -2.56. The second kappa shape index (κ2) is 14.1. The highest BCUT2D eigenvalue weighted by Gasteiger charge is 2.11. The third-order valence-corrected chi connectivity index (χ3v) is 5.88. The van der Waals surface area contributed by atoms with E-state index in [1.54, 1.807) is 13.3 Å². The highest BCUT2D eigenvalue weighted by Crippen LogP contribution is 2.28. The molecule has 3 rings (SSSR count). The summed E-state index contributed by atoms with van der Waals surface area (Å²) in [6.07, 6.45) is 2.87. The van der Waals surface area contributed by atoms with Gasteiger partial charge in [-0.1, -0.05) is 22.9 Å². The highest BCUT2D eigenvalue weighted by atomic mass is 79.9. The molecule has 0 fully saturated rings. The van der Waals surface area contributed by atoms with Crippen LogP contribution >= 0.6 is 15.9 Å². The van der Waals surface area contributed by atoms with Crippen LogP contribution in [-0.4, -0.2) is 60.5 Å². The molecule has 0 radical (unpaired) electrons. The van der Waals surface area contributed by atoms with Gasteiger partial charge in [-0.15, -0.1) is 0 Å². The molecule has 0 amide bonds. The van der Waals surface area contributed by atoms with Crippen molar-refractivity contribution in [2.45, 2.75) is 26.4 Å². The molecule has 0 spiro atoms. The topological polar surface area (TPSA) is 94.6 Å². The van der Waals surface area contributed by atoms with Crippen LogP contribution in [0.3, 0.4) is 0 Å². The van der Waals surface area contributed by atoms with Crippen molar-refractivity contribution in [2.24, 2.45) is 0 Å². The van der Waals surface area contributed by atoms with E-state index in [0.717, 1.165) is 58.8 Å². The third kappa shape index (κ3) is 8.55. The number of halogens is 1. The van der Waals surface area contributed by atoms with Gasteiger partial charge in [0, 0.05) is 53.7 Å². The Kier molecular flexibility index (Phi) is 10.9. The minimum absolute atomic E-state index is 0.0201. The Morgan fingerprint density at radius 2 is 1.94 bits per heavy atom. The van der Waals surface area contributed by atoms with Gasteiger partial charge in [-0.3, -0.25) is 5.32 Å². The molecule has 3 aromatic rings. The number of aliphatic hydroxyl groups excluding tert-OH is 1. The summed E-state index contributed by atoms with van der Waals surface area (Å²) in [5.74, 6) is 1.37. The van der Waals surface area contributed by atoms with Gasteiger partial charge in [0.2, 0.25) is 5.95 Å². The normalized spacial score (nSPS) is 11.1. The van der Waals surface area contributed by atoms with Crippen molar-refractivity contribution < 1.29 is 9.84 Å². The van der Waals surface area contributed by atoms with Gasteiger partial charge >= 0.3 is 0 Å². The molecule has 8 nitrogen and oxygen atoms in total. The van der Waals surface area contributed by atoms with Gasteiger partial charge in [-0.2, -0.15) is 0 Å². The number of hydrogen-bond donors (Lipinski definition) is 4. The summed E-state index contributed by atoms with van der Waals surface area (Å²) in [5, 5.41) is 18.6. The SMILES string of the molecule is CCCNCc1cc(Br)cc(Nc2nccc(-c3ccc(OC)c(CN(C)CCNCO)c3)n2)c1. The van der Waals surface area contributed by atoms with Crippen molar-refractivity contribution in [1.82, 2.24) is 25.5 Å². The molecule has 35 heavy (non-hydrogen) atoms. The van der Waals surface area contributed by atoms with E-state index in [9.17, 15) is 0 Å². The quantitative estimate of drug-likeness (QED) is 0.178. The minimum Gasteiger partial charge on any atom is -0.496 e. The third-order valence-electron chi connectivity index (χ3n) is 5.42. The highest BCUT2D eigenvalue weighted by molar-refractivity contribution is 9.10. The van der Waals surface area contributed by atoms with Gasteiger partial charge in [0.05, 0.1) is 19.5 Å². The first-order valence-electron chi connectivity index (χ1n) is 11.8. The van der Waals surface area contributed by atoms with E-state index in [1.165, 1.54) is 5.56 Å². The van der Waals surface area contributed by atoms with Crippen molar-refractivity contribution in [3.63, 3.8) is 0 Å². The van der Waals surface area contributed by atoms with Crippen molar-refractivity contribution >= 4 is 27.6 Å². The first kappa shape index (κ1) is 27.0. The fourth-order valence-electron chi connectivity index (χ4n) is 3.72. The number of likely N-dealkylation sites (N-methyl/N-ethyl adjacent to an activating group) is 1. The zero-order valence-corrected chi connectivity index (χ0v) is 22.2. The lowest BCUT2D eigenvalue weighted by atomic mass is 10.1. The Morgan fingerprint density at radius 1 is 1.09 bits per heavy atom. The number of ether oxygens (including phenoxy) is 1. The molecule has 9 heteroatoms. The Bertz CT molecular complexity index is 1080. The van der Waals surface area contributed by atoms with E-state index in [0.29, 0.717) is 19.0 Å². The predicted octanol–water partition coefficient (Wildman–Crippen LogP) is 4.13. The molecule has 188 valence electrons. The molecule has 0 saturated heterocycles. The molecule has 0 saturated carbocycles. The van der Waals surface area contributed by atoms with Crippen molar-refractivity contribution in [2.75, 3.05) is 45.8 Å². The summed E-state index contributed by atoms with van der Waals surface area (Å²) in [6.45, 7) is 6.16. The Balaban J connectivity index is 1.77. The summed E-state index contributed by atoms with van der Waals surface area (Å²) in [6, 6.07) is 14.2. The fraction of sp³-hybridized carbons (Fsp3) is 0.385. The van der Waals surface area contributed by atoms with E-state index in [-0.39, 0.29) is 6.73 Å². The van der Waals surface area contributed by atoms with Gasteiger partial charge in [-0.05, 0) is 68.0 Å². The van der Waals surface area contributed by atoms with E-state index in [2.05, 4.69) is 66.9 Å². The summed E-state index contributed by atoms with van der Waals surface area (Å²) >= 11 is 3.61. The molecule has 0 aliphatic carbocycles. The number of aliphatic hydroxyl groups is 1. The van der Waals surface area contributed by atoms with Crippen LogP contribution in [0, 0.1) is 0 Å². The maximum atomic E-state index is 8.93. The standard InChI is InChI=1S/C26H35BrN6O2/c1-4-8-28-16-19-12-22(27)15-23(13-19)31-26-30-9-7-24(32-26)20-5-6-25(35-3)21(14-20)17-33(2)11-10-29-18-34/h5-7,9,12-15,28-29,34H,4,8,10-11,16-18H2,1-3H3,(H,30,31,32). The number of aromatic nitrogens is 2. The van der Waals surface area contributed by atoms with Gasteiger partial charge in [0.25, 0.3) is 0 Å². The van der Waals surface area contributed by atoms with Crippen LogP contribution in [0.5, 0.6) is 5.75 Å². The smallest absolute Gasteiger partial charge is 0.227 e. The van der Waals surface area contributed by atoms with Crippen molar-refractivity contribution in [3.8, 4) is 17.0 Å². The number of nitrogens with zero attached hydrogens (tertiary/aromatic N) is 3. The number of hydrogen-bond acceptors (Lipinski definition) is 8. The average molecular weight is 544 g/mol. The van der Waals surface area contributed by atoms with Gasteiger partial charge in [0.15, 0.2) is 0 Å². The molecule has 1 aromatic heterocycles. The molecule has 0 unspecified atom stereocenters. The maximum Gasteiger partial charge on any atom is 0.227 e. The minimum atomic E-state index is -0.0201. The molecular formula is C26H35BrN6O2. The molecular weight excluding hydrogens is 508 g/mol. The van der Waals surface area contributed by atoms with Crippen LogP contribution in [0.4, 0.5) is 11.6 Å². The van der Waals surface area contributed by atoms with Crippen LogP contribution in [0.25, 0.3) is 11.3 Å². The molecule has 0 aliphatic heterocycles. The second-order valence-corrected chi connectivity index (χ2v) is 9.25. The average Bonchev–Trinajstić information content (AvgIpc) is 2.84. The van der Waals surface area contributed by atoms with Crippen LogP contribution in [-0.2, 0) is 13.1 Å². The maximum absolute atomic E-state index is 8.93. The van der Waals surface area contributed by atoms with Crippen molar-refractivity contribution in [3.05, 3.63) is 64.3 Å². The number of nitrogens with one attached hydrogen (secondary N) is 3. The van der Waals surface area contributed by atoms with E-state index in [1.807, 2.05) is 31.3 Å². The molecule has 0 atom stereocenters. The van der Waals surface area contributed by atoms with Crippen LogP contribution < -0.4 is 20.7 Å². The van der Waals surface area contributed by atoms with E-state index in [4.69, 9.17) is 14.8 Å². The Labute approximate surface area is 216 Å². The lowest BCUT2D eigenvalue weighted by Gasteiger charge is -2.19. The second-order valence-electron chi connectivity index (χ2n) is 8.34. The molecule has 2 aromatic carbocycles. The molecule has 1 heterocycles. The van der Waals surface area contributed by atoms with Gasteiger partial charge < -0.3 is 25.4 Å². The predicted molar refractivity (Wildman–Crippen MR) is 145 cm³/mol. The van der Waals surface area contributed by atoms with E-state index >= 15 is 0 Å². The largest absolute Gasteiger partial charge is 0.496 e. The summed E-state index contributed by atoms with van der Waals surface area (Å²) in [5.41, 5.74) is 5.01. The first-order chi connectivity index (χ1) is 17.0. The number of anilines is 2. The molecule has 0 bridgehead atoms. The summed E-state index contributed by atoms with van der Waals surface area (Å²) in [7, 11) is 3.73. The lowest BCUT2D eigenvalue weighted by molar-refractivity contribution is 0.243. The lowest BCUT2D eigenvalue weighted by Crippen LogP contribution is -2.29. The molecule has 0 aliphatic rings. The number of rotatable bonds is 14. The molecule has 4 N–H and O–H groups in total. The fourth-order valence-corrected chi connectivity index (χ4v) is 4.26. The monoisotopic (exact) mass is 542 g/mol. The summed E-state index contributed by atoms with van der Waals surface area (Å²) in [4.78, 5) is 11.4. The zero-order chi connectivity index (χ0) is 25.0. The number of benzene rings is 2. The van der Waals surface area contributed by atoms with Gasteiger partial charge in [-0.25, -0.2) is 9.97 Å². The summed E-state index contributed by atoms with van der Waals surface area (Å²) < 4.78 is 6.59. The van der Waals surface area contributed by atoms with Crippen LogP contribution in [0.15, 0.2) is 53.1 Å².